The van der Waals surface area contributed by atoms with Gasteiger partial charge in [-0.15, -0.1) is 24.0 Å². The summed E-state index contributed by atoms with van der Waals surface area (Å²) in [5, 5.41) is 3.26. The molecule has 25 heavy (non-hydrogen) atoms. The highest BCUT2D eigenvalue weighted by molar-refractivity contribution is 14.0. The number of carbonyl (C=O) groups is 1. The molecule has 0 aromatic heterocycles. The lowest BCUT2D eigenvalue weighted by atomic mass is 9.97. The SMILES string of the molecule is CN=C(NCCS(=O)c1ccccc1)N1CCC(C(=O)OC)CC1.I. The van der Waals surface area contributed by atoms with E-state index in [1.807, 2.05) is 30.3 Å². The fourth-order valence-electron chi connectivity index (χ4n) is 2.77. The Bertz CT molecular complexity index is 590. The minimum Gasteiger partial charge on any atom is -0.469 e. The summed E-state index contributed by atoms with van der Waals surface area (Å²) in [6.07, 6.45) is 1.53. The van der Waals surface area contributed by atoms with Crippen LogP contribution in [0.3, 0.4) is 0 Å². The van der Waals surface area contributed by atoms with Gasteiger partial charge in [0.1, 0.15) is 0 Å². The molecule has 1 aromatic carbocycles. The van der Waals surface area contributed by atoms with E-state index in [0.29, 0.717) is 12.3 Å². The molecule has 0 radical (unpaired) electrons. The van der Waals surface area contributed by atoms with Crippen LogP contribution >= 0.6 is 24.0 Å². The van der Waals surface area contributed by atoms with Crippen LogP contribution in [-0.2, 0) is 20.3 Å². The summed E-state index contributed by atoms with van der Waals surface area (Å²) >= 11 is 0. The minimum atomic E-state index is -1.02. The molecular weight excluding hydrogens is 453 g/mol. The Labute approximate surface area is 168 Å². The molecule has 140 valence electrons. The second-order valence-corrected chi connectivity index (χ2v) is 7.19. The van der Waals surface area contributed by atoms with E-state index in [2.05, 4.69) is 15.2 Å². The van der Waals surface area contributed by atoms with Crippen molar-refractivity contribution in [1.29, 1.82) is 0 Å². The number of piperidine rings is 1. The van der Waals surface area contributed by atoms with Gasteiger partial charge in [0.2, 0.25) is 0 Å². The molecule has 1 aliphatic rings. The molecule has 0 spiro atoms. The van der Waals surface area contributed by atoms with Crippen LogP contribution in [0, 0.1) is 5.92 Å². The minimum absolute atomic E-state index is 0. The summed E-state index contributed by atoms with van der Waals surface area (Å²) in [5.41, 5.74) is 0. The molecule has 0 aliphatic carbocycles. The van der Waals surface area contributed by atoms with Crippen LogP contribution in [-0.4, -0.2) is 60.6 Å². The zero-order chi connectivity index (χ0) is 17.4. The van der Waals surface area contributed by atoms with Crippen molar-refractivity contribution in [1.82, 2.24) is 10.2 Å². The van der Waals surface area contributed by atoms with E-state index in [0.717, 1.165) is 36.8 Å². The lowest BCUT2D eigenvalue weighted by Crippen LogP contribution is -2.47. The van der Waals surface area contributed by atoms with Crippen LogP contribution in [0.4, 0.5) is 0 Å². The molecule has 1 aromatic rings. The standard InChI is InChI=1S/C17H25N3O3S.HI/c1-18-17(20-11-8-14(9-12-20)16(21)23-2)19-10-13-24(22)15-6-4-3-5-7-15;/h3-7,14H,8-13H2,1-2H3,(H,18,19);1H. The highest BCUT2D eigenvalue weighted by atomic mass is 127. The lowest BCUT2D eigenvalue weighted by molar-refractivity contribution is -0.146. The van der Waals surface area contributed by atoms with Gasteiger partial charge in [-0.2, -0.15) is 0 Å². The Hall–Kier alpha value is -1.16. The first-order valence-corrected chi connectivity index (χ1v) is 9.44. The molecule has 6 nitrogen and oxygen atoms in total. The number of nitrogens with one attached hydrogen (secondary N) is 1. The van der Waals surface area contributed by atoms with Gasteiger partial charge >= 0.3 is 5.97 Å². The van der Waals surface area contributed by atoms with Crippen molar-refractivity contribution in [3.05, 3.63) is 30.3 Å². The fraction of sp³-hybridized carbons (Fsp3) is 0.529. The Morgan fingerprint density at radius 3 is 2.52 bits per heavy atom. The Balaban J connectivity index is 0.00000312. The highest BCUT2D eigenvalue weighted by Crippen LogP contribution is 2.18. The quantitative estimate of drug-likeness (QED) is 0.302. The summed E-state index contributed by atoms with van der Waals surface area (Å²) in [6, 6.07) is 9.46. The number of rotatable bonds is 5. The van der Waals surface area contributed by atoms with Gasteiger partial charge in [-0.1, -0.05) is 18.2 Å². The molecule has 1 unspecified atom stereocenters. The predicted molar refractivity (Wildman–Crippen MR) is 111 cm³/mol. The molecule has 0 amide bonds. The zero-order valence-electron chi connectivity index (χ0n) is 14.6. The maximum Gasteiger partial charge on any atom is 0.308 e. The Morgan fingerprint density at radius 1 is 1.32 bits per heavy atom. The molecule has 0 saturated carbocycles. The van der Waals surface area contributed by atoms with Crippen LogP contribution in [0.15, 0.2) is 40.2 Å². The van der Waals surface area contributed by atoms with Crippen LogP contribution in [0.2, 0.25) is 0 Å². The van der Waals surface area contributed by atoms with E-state index < -0.39 is 10.8 Å². The number of carbonyl (C=O) groups excluding carboxylic acids is 1. The number of nitrogens with zero attached hydrogens (tertiary/aromatic N) is 2. The van der Waals surface area contributed by atoms with Crippen LogP contribution in [0.1, 0.15) is 12.8 Å². The van der Waals surface area contributed by atoms with Crippen LogP contribution < -0.4 is 5.32 Å². The van der Waals surface area contributed by atoms with Crippen molar-refractivity contribution in [2.24, 2.45) is 10.9 Å². The third-order valence-corrected chi connectivity index (χ3v) is 5.49. The van der Waals surface area contributed by atoms with Gasteiger partial charge in [0.25, 0.3) is 0 Å². The largest absolute Gasteiger partial charge is 0.469 e. The third-order valence-electron chi connectivity index (χ3n) is 4.12. The number of halogens is 1. The molecule has 1 saturated heterocycles. The van der Waals surface area contributed by atoms with Crippen molar-refractivity contribution < 1.29 is 13.7 Å². The number of likely N-dealkylation sites (tertiary alicyclic amines) is 1. The number of hydrogen-bond donors (Lipinski definition) is 1. The Morgan fingerprint density at radius 2 is 1.96 bits per heavy atom. The second kappa shape index (κ2) is 11.5. The summed E-state index contributed by atoms with van der Waals surface area (Å²) in [7, 11) is 2.15. The van der Waals surface area contributed by atoms with E-state index in [1.54, 1.807) is 7.05 Å². The van der Waals surface area contributed by atoms with E-state index in [-0.39, 0.29) is 35.9 Å². The zero-order valence-corrected chi connectivity index (χ0v) is 17.8. The monoisotopic (exact) mass is 479 g/mol. The topological polar surface area (TPSA) is 71.0 Å². The van der Waals surface area contributed by atoms with Gasteiger partial charge in [0, 0.05) is 37.3 Å². The Kier molecular flexibility index (Phi) is 10.0. The van der Waals surface area contributed by atoms with E-state index >= 15 is 0 Å². The number of esters is 1. The maximum absolute atomic E-state index is 12.2. The molecule has 2 rings (SSSR count). The van der Waals surface area contributed by atoms with Crippen LogP contribution in [0.25, 0.3) is 0 Å². The summed E-state index contributed by atoms with van der Waals surface area (Å²) in [4.78, 5) is 18.8. The summed E-state index contributed by atoms with van der Waals surface area (Å²) in [6.45, 7) is 2.12. The van der Waals surface area contributed by atoms with Crippen molar-refractivity contribution >= 4 is 46.7 Å². The van der Waals surface area contributed by atoms with Gasteiger partial charge in [-0.05, 0) is 25.0 Å². The molecule has 1 fully saturated rings. The highest BCUT2D eigenvalue weighted by Gasteiger charge is 2.26. The first-order chi connectivity index (χ1) is 11.7. The second-order valence-electron chi connectivity index (χ2n) is 5.62. The molecule has 0 bridgehead atoms. The predicted octanol–water partition coefficient (Wildman–Crippen LogP) is 1.87. The van der Waals surface area contributed by atoms with E-state index in [9.17, 15) is 9.00 Å². The number of methoxy groups -OCH3 is 1. The number of aliphatic imine (C=N–C) groups is 1. The van der Waals surface area contributed by atoms with Crippen molar-refractivity contribution in [3.63, 3.8) is 0 Å². The molecular formula is C17H26IN3O3S. The number of ether oxygens (including phenoxy) is 1. The number of benzene rings is 1. The first-order valence-electron chi connectivity index (χ1n) is 8.12. The first kappa shape index (κ1) is 21.9. The summed E-state index contributed by atoms with van der Waals surface area (Å²) < 4.78 is 17.0. The average Bonchev–Trinajstić information content (AvgIpc) is 2.65. The maximum atomic E-state index is 12.2. The smallest absolute Gasteiger partial charge is 0.308 e. The molecule has 1 heterocycles. The lowest BCUT2D eigenvalue weighted by Gasteiger charge is -2.33. The summed E-state index contributed by atoms with van der Waals surface area (Å²) in [5.74, 6) is 1.18. The average molecular weight is 479 g/mol. The van der Waals surface area contributed by atoms with E-state index in [1.165, 1.54) is 7.11 Å². The third kappa shape index (κ3) is 6.58. The molecule has 8 heteroatoms. The van der Waals surface area contributed by atoms with Gasteiger partial charge < -0.3 is 15.0 Å². The van der Waals surface area contributed by atoms with Crippen molar-refractivity contribution in [2.45, 2.75) is 17.7 Å². The van der Waals surface area contributed by atoms with Crippen molar-refractivity contribution in [2.75, 3.05) is 39.5 Å². The fourth-order valence-corrected chi connectivity index (χ4v) is 3.76. The van der Waals surface area contributed by atoms with Gasteiger partial charge in [-0.25, -0.2) is 0 Å². The van der Waals surface area contributed by atoms with E-state index in [4.69, 9.17) is 4.74 Å². The molecule has 1 aliphatic heterocycles. The van der Waals surface area contributed by atoms with Crippen molar-refractivity contribution in [3.8, 4) is 0 Å². The molecule has 1 N–H and O–H groups in total. The van der Waals surface area contributed by atoms with Gasteiger partial charge in [0.05, 0.1) is 23.8 Å². The normalized spacial score (nSPS) is 16.7. The molecule has 1 atom stereocenters. The number of hydrogen-bond acceptors (Lipinski definition) is 4. The van der Waals surface area contributed by atoms with Crippen LogP contribution in [0.5, 0.6) is 0 Å². The van der Waals surface area contributed by atoms with Gasteiger partial charge in [0.15, 0.2) is 5.96 Å². The number of guanidine groups is 1. The van der Waals surface area contributed by atoms with Gasteiger partial charge in [-0.3, -0.25) is 14.0 Å².